The first-order valence-corrected chi connectivity index (χ1v) is 7.47. The number of benzene rings is 1. The summed E-state index contributed by atoms with van der Waals surface area (Å²) in [6, 6.07) is 8.22. The van der Waals surface area contributed by atoms with Crippen molar-refractivity contribution in [3.05, 3.63) is 35.4 Å². The molecule has 108 valence electrons. The molecule has 0 bridgehead atoms. The Kier molecular flexibility index (Phi) is 4.42. The number of hydrogen-bond donors (Lipinski definition) is 4. The van der Waals surface area contributed by atoms with Crippen molar-refractivity contribution < 1.29 is 4.79 Å². The summed E-state index contributed by atoms with van der Waals surface area (Å²) in [6.45, 7) is 0. The van der Waals surface area contributed by atoms with Crippen LogP contribution in [-0.2, 0) is 0 Å². The van der Waals surface area contributed by atoms with Gasteiger partial charge in [0.25, 0.3) is 0 Å². The van der Waals surface area contributed by atoms with Gasteiger partial charge in [0.05, 0.1) is 6.17 Å². The van der Waals surface area contributed by atoms with Gasteiger partial charge in [-0.15, -0.1) is 0 Å². The van der Waals surface area contributed by atoms with Crippen LogP contribution >= 0.6 is 0 Å². The van der Waals surface area contributed by atoms with Gasteiger partial charge in [0.15, 0.2) is 5.78 Å². The van der Waals surface area contributed by atoms with E-state index in [2.05, 4.69) is 34.1 Å². The minimum atomic E-state index is -0.0690. The number of hydrazine groups is 3. The van der Waals surface area contributed by atoms with Crippen LogP contribution in [0.3, 0.4) is 0 Å². The Hall–Kier alpha value is -1.27. The molecule has 0 radical (unpaired) electrons. The summed E-state index contributed by atoms with van der Waals surface area (Å²) in [5.41, 5.74) is 13.5. The number of rotatable bonds is 4. The molecule has 1 aliphatic heterocycles. The van der Waals surface area contributed by atoms with Gasteiger partial charge in [-0.05, 0) is 24.3 Å². The van der Waals surface area contributed by atoms with Crippen molar-refractivity contribution in [2.24, 2.45) is 0 Å². The molecule has 2 aliphatic rings. The maximum atomic E-state index is 12.2. The van der Waals surface area contributed by atoms with Gasteiger partial charge < -0.3 is 0 Å². The first-order chi connectivity index (χ1) is 9.83. The van der Waals surface area contributed by atoms with E-state index >= 15 is 0 Å². The van der Waals surface area contributed by atoms with Crippen molar-refractivity contribution in [1.29, 1.82) is 0 Å². The van der Waals surface area contributed by atoms with E-state index in [1.165, 1.54) is 37.7 Å². The van der Waals surface area contributed by atoms with E-state index in [4.69, 9.17) is 0 Å². The van der Waals surface area contributed by atoms with Crippen LogP contribution in [0.1, 0.15) is 60.4 Å². The summed E-state index contributed by atoms with van der Waals surface area (Å²) in [4.78, 5) is 12.2. The molecule has 4 N–H and O–H groups in total. The van der Waals surface area contributed by atoms with Gasteiger partial charge in [0, 0.05) is 12.0 Å². The van der Waals surface area contributed by atoms with Crippen molar-refractivity contribution in [2.45, 2.75) is 50.6 Å². The standard InChI is InChI=1S/C15H22N4O/c20-14(10-15-16-18-19-17-15)13-8-6-12(7-9-13)11-4-2-1-3-5-11/h6-9,11,15-19H,1-5,10H2. The zero-order chi connectivity index (χ0) is 13.8. The highest BCUT2D eigenvalue weighted by Gasteiger charge is 2.19. The summed E-state index contributed by atoms with van der Waals surface area (Å²) in [6.07, 6.45) is 6.98. The highest BCUT2D eigenvalue weighted by Crippen LogP contribution is 2.32. The number of carbonyl (C=O) groups excluding carboxylic acids is 1. The molecule has 2 fully saturated rings. The van der Waals surface area contributed by atoms with E-state index in [1.807, 2.05) is 12.1 Å². The van der Waals surface area contributed by atoms with Crippen molar-refractivity contribution in [3.63, 3.8) is 0 Å². The molecule has 1 aromatic rings. The highest BCUT2D eigenvalue weighted by molar-refractivity contribution is 5.96. The molecular weight excluding hydrogens is 252 g/mol. The number of carbonyl (C=O) groups is 1. The number of nitrogens with one attached hydrogen (secondary N) is 4. The largest absolute Gasteiger partial charge is 0.294 e. The van der Waals surface area contributed by atoms with E-state index < -0.39 is 0 Å². The number of Topliss-reactive ketones (excluding diaryl/α,β-unsaturated/α-hetero) is 1. The fraction of sp³-hybridized carbons (Fsp3) is 0.533. The van der Waals surface area contributed by atoms with Gasteiger partial charge in [0.2, 0.25) is 0 Å². The van der Waals surface area contributed by atoms with E-state index in [0.29, 0.717) is 12.3 Å². The lowest BCUT2D eigenvalue weighted by atomic mass is 9.84. The second kappa shape index (κ2) is 6.45. The Morgan fingerprint density at radius 3 is 2.30 bits per heavy atom. The molecule has 1 saturated heterocycles. The van der Waals surface area contributed by atoms with Gasteiger partial charge in [-0.25, -0.2) is 10.9 Å². The summed E-state index contributed by atoms with van der Waals surface area (Å²) >= 11 is 0. The highest BCUT2D eigenvalue weighted by atomic mass is 16.1. The van der Waals surface area contributed by atoms with Crippen LogP contribution in [0.4, 0.5) is 0 Å². The summed E-state index contributed by atoms with van der Waals surface area (Å²) in [5.74, 6) is 0.843. The van der Waals surface area contributed by atoms with Gasteiger partial charge in [-0.3, -0.25) is 4.79 Å². The molecular formula is C15H22N4O. The van der Waals surface area contributed by atoms with Crippen LogP contribution in [0.15, 0.2) is 24.3 Å². The Morgan fingerprint density at radius 2 is 1.65 bits per heavy atom. The smallest absolute Gasteiger partial charge is 0.165 e. The molecule has 0 unspecified atom stereocenters. The normalized spacial score (nSPS) is 21.2. The Balaban J connectivity index is 1.61. The molecule has 5 nitrogen and oxygen atoms in total. The molecule has 1 saturated carbocycles. The Morgan fingerprint density at radius 1 is 1.00 bits per heavy atom. The average Bonchev–Trinajstić information content (AvgIpc) is 3.01. The summed E-state index contributed by atoms with van der Waals surface area (Å²) in [7, 11) is 0. The van der Waals surface area contributed by atoms with E-state index in [-0.39, 0.29) is 11.9 Å². The summed E-state index contributed by atoms with van der Waals surface area (Å²) < 4.78 is 0. The van der Waals surface area contributed by atoms with Gasteiger partial charge in [-0.1, -0.05) is 43.5 Å². The first kappa shape index (κ1) is 13.7. The van der Waals surface area contributed by atoms with E-state index in [0.717, 1.165) is 5.56 Å². The van der Waals surface area contributed by atoms with E-state index in [9.17, 15) is 4.79 Å². The van der Waals surface area contributed by atoms with Crippen LogP contribution in [0.2, 0.25) is 0 Å². The lowest BCUT2D eigenvalue weighted by Gasteiger charge is -2.22. The third-order valence-corrected chi connectivity index (χ3v) is 4.25. The molecule has 5 heteroatoms. The molecule has 1 aliphatic carbocycles. The topological polar surface area (TPSA) is 65.2 Å². The van der Waals surface area contributed by atoms with Crippen LogP contribution < -0.4 is 21.9 Å². The second-order valence-electron chi connectivity index (χ2n) is 5.68. The zero-order valence-corrected chi connectivity index (χ0v) is 11.6. The molecule has 0 spiro atoms. The molecule has 0 atom stereocenters. The van der Waals surface area contributed by atoms with Crippen LogP contribution in [0.25, 0.3) is 0 Å². The molecule has 3 rings (SSSR count). The quantitative estimate of drug-likeness (QED) is 0.630. The third kappa shape index (κ3) is 3.24. The maximum Gasteiger partial charge on any atom is 0.165 e. The Bertz CT molecular complexity index is 447. The number of hydrogen-bond acceptors (Lipinski definition) is 5. The van der Waals surface area contributed by atoms with Gasteiger partial charge >= 0.3 is 0 Å². The predicted molar refractivity (Wildman–Crippen MR) is 77.5 cm³/mol. The molecule has 0 amide bonds. The second-order valence-corrected chi connectivity index (χ2v) is 5.68. The van der Waals surface area contributed by atoms with Crippen molar-refractivity contribution in [2.75, 3.05) is 0 Å². The molecule has 1 aromatic carbocycles. The minimum absolute atomic E-state index is 0.0690. The van der Waals surface area contributed by atoms with Crippen LogP contribution in [0.5, 0.6) is 0 Å². The van der Waals surface area contributed by atoms with E-state index in [1.54, 1.807) is 0 Å². The maximum absolute atomic E-state index is 12.2. The fourth-order valence-electron chi connectivity index (χ4n) is 3.06. The lowest BCUT2D eigenvalue weighted by molar-refractivity contribution is 0.0967. The average molecular weight is 274 g/mol. The molecule has 20 heavy (non-hydrogen) atoms. The lowest BCUT2D eigenvalue weighted by Crippen LogP contribution is -2.35. The molecule has 1 heterocycles. The first-order valence-electron chi connectivity index (χ1n) is 7.47. The van der Waals surface area contributed by atoms with Crippen molar-refractivity contribution >= 4 is 5.78 Å². The van der Waals surface area contributed by atoms with Crippen molar-refractivity contribution in [1.82, 2.24) is 21.9 Å². The van der Waals surface area contributed by atoms with Crippen LogP contribution in [-0.4, -0.2) is 11.9 Å². The van der Waals surface area contributed by atoms with Gasteiger partial charge in [0.1, 0.15) is 0 Å². The van der Waals surface area contributed by atoms with Crippen LogP contribution in [0, 0.1) is 0 Å². The number of ketones is 1. The summed E-state index contributed by atoms with van der Waals surface area (Å²) in [5, 5.41) is 0. The Labute approximate surface area is 119 Å². The predicted octanol–water partition coefficient (Wildman–Crippen LogP) is 1.75. The fourth-order valence-corrected chi connectivity index (χ4v) is 3.06. The minimum Gasteiger partial charge on any atom is -0.294 e. The molecule has 0 aromatic heterocycles. The third-order valence-electron chi connectivity index (χ3n) is 4.25. The van der Waals surface area contributed by atoms with Crippen molar-refractivity contribution in [3.8, 4) is 0 Å². The SMILES string of the molecule is O=C(CC1NNNN1)c1ccc(C2CCCCC2)cc1. The zero-order valence-electron chi connectivity index (χ0n) is 11.6. The monoisotopic (exact) mass is 274 g/mol. The van der Waals surface area contributed by atoms with Gasteiger partial charge in [-0.2, -0.15) is 11.1 Å².